The van der Waals surface area contributed by atoms with E-state index in [1.54, 1.807) is 6.92 Å². The van der Waals surface area contributed by atoms with Gasteiger partial charge in [-0.25, -0.2) is 9.48 Å². The van der Waals surface area contributed by atoms with E-state index >= 15 is 0 Å². The molecule has 4 rings (SSSR count). The van der Waals surface area contributed by atoms with Crippen molar-refractivity contribution in [3.8, 4) is 22.9 Å². The van der Waals surface area contributed by atoms with Gasteiger partial charge in [0.15, 0.2) is 16.7 Å². The van der Waals surface area contributed by atoms with Crippen molar-refractivity contribution in [2.75, 3.05) is 12.4 Å². The smallest absolute Gasteiger partial charge is 0.357 e. The summed E-state index contributed by atoms with van der Waals surface area (Å²) in [4.78, 5) is 16.0. The molecule has 0 bridgehead atoms. The molecule has 0 N–H and O–H groups in total. The first-order chi connectivity index (χ1) is 16.6. The van der Waals surface area contributed by atoms with E-state index < -0.39 is 5.97 Å². The number of benzene rings is 2. The first-order valence-corrected chi connectivity index (χ1v) is 11.6. The average Bonchev–Trinajstić information content (AvgIpc) is 3.42. The predicted molar refractivity (Wildman–Crippen MR) is 130 cm³/mol. The van der Waals surface area contributed by atoms with Gasteiger partial charge >= 0.3 is 5.97 Å². The summed E-state index contributed by atoms with van der Waals surface area (Å²) in [5.41, 5.74) is 12.1. The second-order valence-electron chi connectivity index (χ2n) is 7.11. The first-order valence-electron chi connectivity index (χ1n) is 10.6. The van der Waals surface area contributed by atoms with Gasteiger partial charge in [-0.05, 0) is 49.4 Å². The Hall–Kier alpha value is -4.08. The number of thioether (sulfide) groups is 1. The molecule has 0 radical (unpaired) electrons. The summed E-state index contributed by atoms with van der Waals surface area (Å²) in [5.74, 6) is 0.471. The SMILES string of the molecule is CCOC(=O)c1c(N=[N+]=[N-])c(-c2nnc(SCC)n2-c2ccccc2)nn1-c1ccc(C)cc1. The minimum absolute atomic E-state index is 0.0193. The Balaban J connectivity index is 2.03. The Morgan fingerprint density at radius 1 is 1.09 bits per heavy atom. The number of rotatable bonds is 8. The molecule has 0 saturated heterocycles. The monoisotopic (exact) mass is 474 g/mol. The number of aryl methyl sites for hydroxylation is 1. The molecule has 2 aromatic carbocycles. The Morgan fingerprint density at radius 3 is 2.47 bits per heavy atom. The molecule has 172 valence electrons. The van der Waals surface area contributed by atoms with Gasteiger partial charge in [0.2, 0.25) is 0 Å². The molecular formula is C23H22N8O2S. The number of esters is 1. The third kappa shape index (κ3) is 4.39. The van der Waals surface area contributed by atoms with Gasteiger partial charge in [-0.2, -0.15) is 5.10 Å². The van der Waals surface area contributed by atoms with Crippen LogP contribution in [0.1, 0.15) is 29.9 Å². The highest BCUT2D eigenvalue weighted by atomic mass is 32.2. The van der Waals surface area contributed by atoms with E-state index in [4.69, 9.17) is 4.74 Å². The maximum Gasteiger partial charge on any atom is 0.357 e. The van der Waals surface area contributed by atoms with Crippen LogP contribution in [0.25, 0.3) is 33.3 Å². The Morgan fingerprint density at radius 2 is 1.82 bits per heavy atom. The normalized spacial score (nSPS) is 10.7. The van der Waals surface area contributed by atoms with E-state index in [1.165, 1.54) is 16.4 Å². The van der Waals surface area contributed by atoms with Crippen molar-refractivity contribution in [2.24, 2.45) is 5.11 Å². The van der Waals surface area contributed by atoms with Crippen LogP contribution in [0.15, 0.2) is 64.9 Å². The van der Waals surface area contributed by atoms with Crippen LogP contribution >= 0.6 is 11.8 Å². The molecule has 11 heteroatoms. The van der Waals surface area contributed by atoms with Crippen molar-refractivity contribution >= 4 is 23.4 Å². The minimum atomic E-state index is -0.654. The molecule has 0 fully saturated rings. The predicted octanol–water partition coefficient (Wildman–Crippen LogP) is 5.66. The summed E-state index contributed by atoms with van der Waals surface area (Å²) in [6.45, 7) is 5.84. The van der Waals surface area contributed by atoms with E-state index in [2.05, 4.69) is 25.3 Å². The highest BCUT2D eigenvalue weighted by Gasteiger charge is 2.29. The van der Waals surface area contributed by atoms with E-state index in [0.29, 0.717) is 16.7 Å². The van der Waals surface area contributed by atoms with Gasteiger partial charge in [-0.15, -0.1) is 10.2 Å². The van der Waals surface area contributed by atoms with Gasteiger partial charge in [0.05, 0.1) is 12.3 Å². The molecule has 0 aliphatic heterocycles. The molecule has 0 saturated carbocycles. The molecule has 2 heterocycles. The van der Waals surface area contributed by atoms with Crippen LogP contribution in [-0.2, 0) is 4.74 Å². The number of carbonyl (C=O) groups excluding carboxylic acids is 1. The third-order valence-corrected chi connectivity index (χ3v) is 5.70. The van der Waals surface area contributed by atoms with Crippen molar-refractivity contribution in [3.63, 3.8) is 0 Å². The second kappa shape index (κ2) is 10.2. The summed E-state index contributed by atoms with van der Waals surface area (Å²) in [6.07, 6.45) is 0. The number of ether oxygens (including phenoxy) is 1. The van der Waals surface area contributed by atoms with E-state index in [1.807, 2.05) is 73.0 Å². The number of para-hydroxylation sites is 1. The average molecular weight is 475 g/mol. The zero-order valence-electron chi connectivity index (χ0n) is 18.9. The molecule has 0 aliphatic rings. The molecule has 0 amide bonds. The summed E-state index contributed by atoms with van der Waals surface area (Å²) in [5, 5.41) is 17.9. The maximum absolute atomic E-state index is 13.0. The summed E-state index contributed by atoms with van der Waals surface area (Å²) < 4.78 is 8.54. The number of hydrogen-bond donors (Lipinski definition) is 0. The molecule has 0 atom stereocenters. The van der Waals surface area contributed by atoms with Crippen LogP contribution in [-0.4, -0.2) is 42.9 Å². The topological polar surface area (TPSA) is 124 Å². The van der Waals surface area contributed by atoms with E-state index in [9.17, 15) is 10.3 Å². The van der Waals surface area contributed by atoms with E-state index in [0.717, 1.165) is 17.0 Å². The molecule has 10 nitrogen and oxygen atoms in total. The standard InChI is InChI=1S/C23H22N8O2S/c1-4-33-22(32)20-18(25-29-24)19(28-31(20)17-13-11-15(3)12-14-17)21-26-27-23(34-5-2)30(21)16-9-7-6-8-10-16/h6-14H,4-5H2,1-3H3. The van der Waals surface area contributed by atoms with Crippen molar-refractivity contribution in [1.82, 2.24) is 24.5 Å². The molecule has 4 aromatic rings. The Bertz CT molecular complexity index is 1360. The summed E-state index contributed by atoms with van der Waals surface area (Å²) >= 11 is 1.51. The van der Waals surface area contributed by atoms with Crippen LogP contribution in [0, 0.1) is 6.92 Å². The highest BCUT2D eigenvalue weighted by Crippen LogP contribution is 2.37. The van der Waals surface area contributed by atoms with Gasteiger partial charge in [-0.3, -0.25) is 4.57 Å². The van der Waals surface area contributed by atoms with Gasteiger partial charge in [0, 0.05) is 10.6 Å². The largest absolute Gasteiger partial charge is 0.461 e. The quantitative estimate of drug-likeness (QED) is 0.107. The number of hydrogen-bond acceptors (Lipinski definition) is 7. The molecule has 0 aliphatic carbocycles. The zero-order valence-corrected chi connectivity index (χ0v) is 19.7. The lowest BCUT2D eigenvalue weighted by Crippen LogP contribution is -2.12. The van der Waals surface area contributed by atoms with Crippen LogP contribution in [0.4, 0.5) is 5.69 Å². The van der Waals surface area contributed by atoms with Gasteiger partial charge in [0.1, 0.15) is 11.4 Å². The fraction of sp³-hybridized carbons (Fsp3) is 0.217. The van der Waals surface area contributed by atoms with Crippen molar-refractivity contribution in [2.45, 2.75) is 25.9 Å². The lowest BCUT2D eigenvalue weighted by Gasteiger charge is -2.08. The van der Waals surface area contributed by atoms with Crippen LogP contribution in [0.2, 0.25) is 0 Å². The highest BCUT2D eigenvalue weighted by molar-refractivity contribution is 7.99. The van der Waals surface area contributed by atoms with Crippen molar-refractivity contribution < 1.29 is 9.53 Å². The van der Waals surface area contributed by atoms with E-state index in [-0.39, 0.29) is 23.7 Å². The third-order valence-electron chi connectivity index (χ3n) is 4.89. The second-order valence-corrected chi connectivity index (χ2v) is 8.34. The Labute approximate surface area is 200 Å². The number of azide groups is 1. The number of nitrogens with zero attached hydrogens (tertiary/aromatic N) is 8. The van der Waals surface area contributed by atoms with Gasteiger partial charge in [0.25, 0.3) is 0 Å². The van der Waals surface area contributed by atoms with Crippen LogP contribution in [0.5, 0.6) is 0 Å². The van der Waals surface area contributed by atoms with Gasteiger partial charge < -0.3 is 4.74 Å². The summed E-state index contributed by atoms with van der Waals surface area (Å²) in [7, 11) is 0. The number of aromatic nitrogens is 5. The van der Waals surface area contributed by atoms with Gasteiger partial charge in [-0.1, -0.05) is 59.7 Å². The Kier molecular flexibility index (Phi) is 6.95. The minimum Gasteiger partial charge on any atom is -0.461 e. The first kappa shape index (κ1) is 23.1. The molecule has 2 aromatic heterocycles. The maximum atomic E-state index is 13.0. The van der Waals surface area contributed by atoms with Crippen molar-refractivity contribution in [3.05, 3.63) is 76.3 Å². The molecule has 0 spiro atoms. The summed E-state index contributed by atoms with van der Waals surface area (Å²) in [6, 6.07) is 17.0. The molecular weight excluding hydrogens is 452 g/mol. The molecule has 34 heavy (non-hydrogen) atoms. The fourth-order valence-corrected chi connectivity index (χ4v) is 4.09. The fourth-order valence-electron chi connectivity index (χ4n) is 3.41. The number of carbonyl (C=O) groups is 1. The van der Waals surface area contributed by atoms with Crippen LogP contribution < -0.4 is 0 Å². The zero-order chi connectivity index (χ0) is 24.1. The lowest BCUT2D eigenvalue weighted by atomic mass is 10.2. The van der Waals surface area contributed by atoms with Crippen LogP contribution in [0.3, 0.4) is 0 Å². The molecule has 0 unspecified atom stereocenters. The lowest BCUT2D eigenvalue weighted by molar-refractivity contribution is 0.0517. The van der Waals surface area contributed by atoms with Crippen molar-refractivity contribution in [1.29, 1.82) is 0 Å².